The van der Waals surface area contributed by atoms with Crippen molar-refractivity contribution in [3.8, 4) is 0 Å². The van der Waals surface area contributed by atoms with Gasteiger partial charge in [0.05, 0.1) is 17.4 Å². The molecule has 1 fully saturated rings. The number of anilines is 1. The monoisotopic (exact) mass is 443 g/mol. The first-order valence-corrected chi connectivity index (χ1v) is 11.9. The molecule has 166 valence electrons. The van der Waals surface area contributed by atoms with Gasteiger partial charge in [0.25, 0.3) is 0 Å². The summed E-state index contributed by atoms with van der Waals surface area (Å²) in [5.41, 5.74) is 2.05. The van der Waals surface area contributed by atoms with Crippen LogP contribution in [-0.4, -0.2) is 37.6 Å². The van der Waals surface area contributed by atoms with E-state index in [1.165, 1.54) is 17.3 Å². The summed E-state index contributed by atoms with van der Waals surface area (Å²) in [7, 11) is -3.59. The molecule has 1 unspecified atom stereocenters. The number of benzene rings is 2. The van der Waals surface area contributed by atoms with Gasteiger partial charge in [-0.3, -0.25) is 9.59 Å². The van der Waals surface area contributed by atoms with E-state index in [0.717, 1.165) is 30.4 Å². The number of piperidine rings is 1. The topological polar surface area (TPSA) is 95.6 Å². The van der Waals surface area contributed by atoms with Crippen LogP contribution in [0.15, 0.2) is 53.4 Å². The number of hydrogen-bond donors (Lipinski definition) is 2. The highest BCUT2D eigenvalue weighted by molar-refractivity contribution is 7.89. The molecule has 2 aromatic rings. The summed E-state index contributed by atoms with van der Waals surface area (Å²) in [6, 6.07) is 13.6. The molecule has 0 bridgehead atoms. The highest BCUT2D eigenvalue weighted by Crippen LogP contribution is 2.26. The normalized spacial score (nSPS) is 15.8. The average Bonchev–Trinajstić information content (AvgIpc) is 2.75. The second kappa shape index (κ2) is 10.1. The fraction of sp³-hybridized carbons (Fsp3) is 0.391. The van der Waals surface area contributed by atoms with Gasteiger partial charge in [0.1, 0.15) is 0 Å². The molecule has 2 aromatic carbocycles. The molecule has 0 saturated carbocycles. The van der Waals surface area contributed by atoms with E-state index in [0.29, 0.717) is 18.8 Å². The minimum atomic E-state index is -3.59. The zero-order chi connectivity index (χ0) is 22.4. The highest BCUT2D eigenvalue weighted by atomic mass is 32.2. The first-order valence-electron chi connectivity index (χ1n) is 10.5. The third-order valence-corrected chi connectivity index (χ3v) is 7.30. The Morgan fingerprint density at radius 2 is 1.71 bits per heavy atom. The average molecular weight is 444 g/mol. The van der Waals surface area contributed by atoms with Crippen molar-refractivity contribution >= 4 is 27.5 Å². The van der Waals surface area contributed by atoms with Crippen LogP contribution >= 0.6 is 0 Å². The maximum Gasteiger partial charge on any atom is 0.243 e. The second-order valence-corrected chi connectivity index (χ2v) is 9.80. The second-order valence-electron chi connectivity index (χ2n) is 7.86. The van der Waals surface area contributed by atoms with Crippen molar-refractivity contribution in [1.29, 1.82) is 0 Å². The van der Waals surface area contributed by atoms with Crippen LogP contribution in [0.5, 0.6) is 0 Å². The van der Waals surface area contributed by atoms with Crippen molar-refractivity contribution in [2.75, 3.05) is 18.4 Å². The molecule has 1 saturated heterocycles. The van der Waals surface area contributed by atoms with Gasteiger partial charge in [0, 0.05) is 25.7 Å². The Hall–Kier alpha value is -2.71. The highest BCUT2D eigenvalue weighted by Gasteiger charge is 2.26. The SMILES string of the molecule is CC(=O)NC(CC(=O)Nc1cc(S(=O)(=O)N2CCCCC2)ccc1C)c1ccccc1. The molecule has 0 aromatic heterocycles. The van der Waals surface area contributed by atoms with Crippen molar-refractivity contribution in [2.45, 2.75) is 50.5 Å². The van der Waals surface area contributed by atoms with Gasteiger partial charge >= 0.3 is 0 Å². The molecule has 8 heteroatoms. The molecule has 0 aliphatic carbocycles. The molecule has 2 amide bonds. The van der Waals surface area contributed by atoms with Gasteiger partial charge in [-0.25, -0.2) is 8.42 Å². The number of nitrogens with one attached hydrogen (secondary N) is 2. The maximum absolute atomic E-state index is 13.0. The molecule has 1 aliphatic heterocycles. The predicted octanol–water partition coefficient (Wildman–Crippen LogP) is 3.38. The van der Waals surface area contributed by atoms with Crippen LogP contribution in [0, 0.1) is 6.92 Å². The molecular weight excluding hydrogens is 414 g/mol. The summed E-state index contributed by atoms with van der Waals surface area (Å²) in [5.74, 6) is -0.536. The number of nitrogens with zero attached hydrogens (tertiary/aromatic N) is 1. The Morgan fingerprint density at radius 1 is 1.03 bits per heavy atom. The third-order valence-electron chi connectivity index (χ3n) is 5.40. The Morgan fingerprint density at radius 3 is 2.35 bits per heavy atom. The molecule has 0 spiro atoms. The molecule has 1 atom stereocenters. The lowest BCUT2D eigenvalue weighted by molar-refractivity contribution is -0.120. The minimum Gasteiger partial charge on any atom is -0.349 e. The standard InChI is InChI=1S/C23H29N3O4S/c1-17-11-12-20(31(29,30)26-13-7-4-8-14-26)15-21(17)25-23(28)16-22(24-18(2)27)19-9-5-3-6-10-19/h3,5-6,9-12,15,22H,4,7-8,13-14,16H2,1-2H3,(H,24,27)(H,25,28). The van der Waals surface area contributed by atoms with Crippen molar-refractivity contribution in [3.63, 3.8) is 0 Å². The van der Waals surface area contributed by atoms with E-state index in [2.05, 4.69) is 10.6 Å². The predicted molar refractivity (Wildman–Crippen MR) is 120 cm³/mol. The first kappa shape index (κ1) is 23.0. The molecule has 3 rings (SSSR count). The molecule has 1 aliphatic rings. The summed E-state index contributed by atoms with van der Waals surface area (Å²) in [5, 5.41) is 5.63. The summed E-state index contributed by atoms with van der Waals surface area (Å²) in [6.45, 7) is 4.27. The lowest BCUT2D eigenvalue weighted by atomic mass is 10.0. The van der Waals surface area contributed by atoms with E-state index in [1.807, 2.05) is 37.3 Å². The van der Waals surface area contributed by atoms with Gasteiger partial charge in [-0.15, -0.1) is 0 Å². The maximum atomic E-state index is 13.0. The zero-order valence-electron chi connectivity index (χ0n) is 17.9. The number of carbonyl (C=O) groups is 2. The Labute approximate surface area is 183 Å². The van der Waals surface area contributed by atoms with Crippen molar-refractivity contribution in [3.05, 3.63) is 59.7 Å². The quantitative estimate of drug-likeness (QED) is 0.686. The number of rotatable bonds is 7. The van der Waals surface area contributed by atoms with Crippen LogP contribution in [-0.2, 0) is 19.6 Å². The third kappa shape index (κ3) is 5.92. The number of carbonyl (C=O) groups excluding carboxylic acids is 2. The Bertz CT molecular complexity index is 1030. The number of amides is 2. The van der Waals surface area contributed by atoms with E-state index in [1.54, 1.807) is 12.1 Å². The lowest BCUT2D eigenvalue weighted by Gasteiger charge is -2.26. The number of hydrogen-bond acceptors (Lipinski definition) is 4. The van der Waals surface area contributed by atoms with Crippen molar-refractivity contribution in [2.24, 2.45) is 0 Å². The van der Waals surface area contributed by atoms with Crippen LogP contribution in [0.4, 0.5) is 5.69 Å². The van der Waals surface area contributed by atoms with E-state index in [4.69, 9.17) is 0 Å². The smallest absolute Gasteiger partial charge is 0.243 e. The summed E-state index contributed by atoms with van der Waals surface area (Å²) < 4.78 is 27.5. The van der Waals surface area contributed by atoms with Crippen LogP contribution < -0.4 is 10.6 Å². The van der Waals surface area contributed by atoms with Crippen LogP contribution in [0.3, 0.4) is 0 Å². The summed E-state index contributed by atoms with van der Waals surface area (Å²) >= 11 is 0. The van der Waals surface area contributed by atoms with Gasteiger partial charge < -0.3 is 10.6 Å². The first-order chi connectivity index (χ1) is 14.8. The molecular formula is C23H29N3O4S. The summed E-state index contributed by atoms with van der Waals surface area (Å²) in [6.07, 6.45) is 2.79. The number of sulfonamides is 1. The van der Waals surface area contributed by atoms with E-state index >= 15 is 0 Å². The van der Waals surface area contributed by atoms with Gasteiger partial charge in [-0.2, -0.15) is 4.31 Å². The van der Waals surface area contributed by atoms with Crippen molar-refractivity contribution < 1.29 is 18.0 Å². The Kier molecular flexibility index (Phi) is 7.46. The van der Waals surface area contributed by atoms with Gasteiger partial charge in [0.15, 0.2) is 0 Å². The number of aryl methyl sites for hydroxylation is 1. The van der Waals surface area contributed by atoms with E-state index in [9.17, 15) is 18.0 Å². The van der Waals surface area contributed by atoms with Crippen LogP contribution in [0.2, 0.25) is 0 Å². The minimum absolute atomic E-state index is 0.0339. The fourth-order valence-electron chi connectivity index (χ4n) is 3.72. The molecule has 31 heavy (non-hydrogen) atoms. The van der Waals surface area contributed by atoms with Gasteiger partial charge in [-0.1, -0.05) is 42.8 Å². The molecule has 7 nitrogen and oxygen atoms in total. The van der Waals surface area contributed by atoms with E-state index in [-0.39, 0.29) is 23.1 Å². The lowest BCUT2D eigenvalue weighted by Crippen LogP contribution is -2.35. The molecule has 2 N–H and O–H groups in total. The fourth-order valence-corrected chi connectivity index (χ4v) is 5.26. The summed E-state index contributed by atoms with van der Waals surface area (Å²) in [4.78, 5) is 24.6. The molecule has 1 heterocycles. The van der Waals surface area contributed by atoms with Crippen LogP contribution in [0.25, 0.3) is 0 Å². The van der Waals surface area contributed by atoms with Gasteiger partial charge in [0.2, 0.25) is 21.8 Å². The Balaban J connectivity index is 1.77. The zero-order valence-corrected chi connectivity index (χ0v) is 18.7. The van der Waals surface area contributed by atoms with Crippen LogP contribution in [0.1, 0.15) is 49.8 Å². The molecule has 0 radical (unpaired) electrons. The van der Waals surface area contributed by atoms with Crippen molar-refractivity contribution in [1.82, 2.24) is 9.62 Å². The largest absolute Gasteiger partial charge is 0.349 e. The van der Waals surface area contributed by atoms with E-state index < -0.39 is 16.1 Å². The van der Waals surface area contributed by atoms with Gasteiger partial charge in [-0.05, 0) is 43.0 Å².